The third-order valence-electron chi connectivity index (χ3n) is 5.74. The van der Waals surface area contributed by atoms with Crippen LogP contribution in [0.25, 0.3) is 0 Å². The summed E-state index contributed by atoms with van der Waals surface area (Å²) in [7, 11) is 0. The molecule has 0 aromatic carbocycles. The second-order valence-electron chi connectivity index (χ2n) is 8.13. The SMILES string of the molecule is CC(C)(F)C(=O)OCCCC12CC3CC(CC(C3)C1)C2. The third-order valence-corrected chi connectivity index (χ3v) is 5.74. The Balaban J connectivity index is 1.46. The lowest BCUT2D eigenvalue weighted by molar-refractivity contribution is -0.156. The number of hydrogen-bond acceptors (Lipinski definition) is 2. The van der Waals surface area contributed by atoms with Crippen molar-refractivity contribution in [3.05, 3.63) is 0 Å². The van der Waals surface area contributed by atoms with Gasteiger partial charge in [0.1, 0.15) is 0 Å². The first-order valence-electron chi connectivity index (χ1n) is 8.22. The monoisotopic (exact) mass is 282 g/mol. The smallest absolute Gasteiger partial charge is 0.343 e. The van der Waals surface area contributed by atoms with Crippen LogP contribution in [0.2, 0.25) is 0 Å². The highest BCUT2D eigenvalue weighted by molar-refractivity contribution is 5.78. The molecular weight excluding hydrogens is 255 g/mol. The molecule has 4 rings (SSSR count). The van der Waals surface area contributed by atoms with Crippen LogP contribution in [0.15, 0.2) is 0 Å². The van der Waals surface area contributed by atoms with Gasteiger partial charge in [0.05, 0.1) is 6.61 Å². The zero-order valence-electron chi connectivity index (χ0n) is 12.8. The van der Waals surface area contributed by atoms with E-state index in [-0.39, 0.29) is 0 Å². The molecule has 4 aliphatic carbocycles. The van der Waals surface area contributed by atoms with Crippen molar-refractivity contribution in [2.45, 2.75) is 70.9 Å². The molecule has 0 heterocycles. The number of carbonyl (C=O) groups excluding carboxylic acids is 1. The normalized spacial score (nSPS) is 39.0. The van der Waals surface area contributed by atoms with E-state index in [1.165, 1.54) is 52.4 Å². The Morgan fingerprint density at radius 3 is 2.10 bits per heavy atom. The molecule has 4 aliphatic rings. The molecule has 0 aliphatic heterocycles. The molecule has 0 saturated heterocycles. The summed E-state index contributed by atoms with van der Waals surface area (Å²) in [5.74, 6) is 2.18. The highest BCUT2D eigenvalue weighted by atomic mass is 19.1. The lowest BCUT2D eigenvalue weighted by atomic mass is 9.48. The summed E-state index contributed by atoms with van der Waals surface area (Å²) in [4.78, 5) is 11.4. The van der Waals surface area contributed by atoms with Gasteiger partial charge in [-0.1, -0.05) is 0 Å². The van der Waals surface area contributed by atoms with Crippen LogP contribution in [-0.4, -0.2) is 18.2 Å². The summed E-state index contributed by atoms with van der Waals surface area (Å²) < 4.78 is 18.4. The standard InChI is InChI=1S/C17H27FO2/c1-16(2,18)15(19)20-5-3-4-17-9-12-6-13(10-17)8-14(7-12)11-17/h12-14H,3-11H2,1-2H3. The first kappa shape index (κ1) is 14.3. The number of halogens is 1. The van der Waals surface area contributed by atoms with Gasteiger partial charge < -0.3 is 4.74 Å². The van der Waals surface area contributed by atoms with Crippen molar-refractivity contribution in [2.24, 2.45) is 23.2 Å². The maximum Gasteiger partial charge on any atom is 0.343 e. The molecule has 0 atom stereocenters. The molecule has 0 aromatic rings. The fourth-order valence-corrected chi connectivity index (χ4v) is 5.38. The van der Waals surface area contributed by atoms with Crippen LogP contribution >= 0.6 is 0 Å². The van der Waals surface area contributed by atoms with Crippen LogP contribution in [0.1, 0.15) is 65.2 Å². The predicted octanol–water partition coefficient (Wildman–Crippen LogP) is 4.27. The van der Waals surface area contributed by atoms with Gasteiger partial charge in [-0.15, -0.1) is 0 Å². The minimum Gasteiger partial charge on any atom is -0.463 e. The highest BCUT2D eigenvalue weighted by Crippen LogP contribution is 2.61. The van der Waals surface area contributed by atoms with Crippen molar-refractivity contribution in [2.75, 3.05) is 6.61 Å². The minimum atomic E-state index is -1.86. The Hall–Kier alpha value is -0.600. The molecule has 0 aromatic heterocycles. The molecule has 4 fully saturated rings. The Kier molecular flexibility index (Phi) is 3.58. The van der Waals surface area contributed by atoms with Gasteiger partial charge in [-0.25, -0.2) is 9.18 Å². The fourth-order valence-electron chi connectivity index (χ4n) is 5.38. The molecule has 20 heavy (non-hydrogen) atoms. The van der Waals surface area contributed by atoms with Gasteiger partial charge in [0, 0.05) is 0 Å². The maximum absolute atomic E-state index is 13.3. The van der Waals surface area contributed by atoms with Gasteiger partial charge >= 0.3 is 5.97 Å². The highest BCUT2D eigenvalue weighted by Gasteiger charge is 2.50. The fraction of sp³-hybridized carbons (Fsp3) is 0.941. The number of ether oxygens (including phenoxy) is 1. The molecule has 0 spiro atoms. The molecule has 0 radical (unpaired) electrons. The van der Waals surface area contributed by atoms with Crippen LogP contribution in [0.5, 0.6) is 0 Å². The maximum atomic E-state index is 13.3. The van der Waals surface area contributed by atoms with E-state index in [1.54, 1.807) is 0 Å². The Labute approximate surface area is 121 Å². The van der Waals surface area contributed by atoms with E-state index in [2.05, 4.69) is 0 Å². The third kappa shape index (κ3) is 2.87. The lowest BCUT2D eigenvalue weighted by Gasteiger charge is -2.57. The number of hydrogen-bond donors (Lipinski definition) is 0. The van der Waals surface area contributed by atoms with E-state index >= 15 is 0 Å². The van der Waals surface area contributed by atoms with E-state index in [0.29, 0.717) is 12.0 Å². The molecular formula is C17H27FO2. The number of alkyl halides is 1. The number of carbonyl (C=O) groups is 1. The largest absolute Gasteiger partial charge is 0.463 e. The van der Waals surface area contributed by atoms with Crippen molar-refractivity contribution in [3.63, 3.8) is 0 Å². The summed E-state index contributed by atoms with van der Waals surface area (Å²) >= 11 is 0. The molecule has 4 bridgehead atoms. The van der Waals surface area contributed by atoms with Crippen LogP contribution in [0.4, 0.5) is 4.39 Å². The van der Waals surface area contributed by atoms with Crippen molar-refractivity contribution in [3.8, 4) is 0 Å². The van der Waals surface area contributed by atoms with E-state index in [9.17, 15) is 9.18 Å². The summed E-state index contributed by atoms with van der Waals surface area (Å²) in [5.41, 5.74) is -1.33. The Morgan fingerprint density at radius 1 is 1.15 bits per heavy atom. The second kappa shape index (κ2) is 4.99. The van der Waals surface area contributed by atoms with Gasteiger partial charge in [-0.05, 0) is 88.4 Å². The zero-order chi connectivity index (χ0) is 14.4. The van der Waals surface area contributed by atoms with Gasteiger partial charge in [-0.3, -0.25) is 0 Å². The minimum absolute atomic E-state index is 0.383. The summed E-state index contributed by atoms with van der Waals surface area (Å²) in [6.45, 7) is 2.90. The van der Waals surface area contributed by atoms with Crippen LogP contribution < -0.4 is 0 Å². The van der Waals surface area contributed by atoms with E-state index in [1.807, 2.05) is 0 Å². The average Bonchev–Trinajstić information content (AvgIpc) is 2.31. The van der Waals surface area contributed by atoms with Crippen LogP contribution in [0, 0.1) is 23.2 Å². The first-order valence-corrected chi connectivity index (χ1v) is 8.22. The molecule has 4 saturated carbocycles. The van der Waals surface area contributed by atoms with Gasteiger partial charge in [0.25, 0.3) is 0 Å². The van der Waals surface area contributed by atoms with Crippen molar-refractivity contribution in [1.29, 1.82) is 0 Å². The molecule has 0 N–H and O–H groups in total. The van der Waals surface area contributed by atoms with Crippen LogP contribution in [0.3, 0.4) is 0 Å². The predicted molar refractivity (Wildman–Crippen MR) is 76.0 cm³/mol. The molecule has 2 nitrogen and oxygen atoms in total. The van der Waals surface area contributed by atoms with E-state index in [4.69, 9.17) is 4.74 Å². The van der Waals surface area contributed by atoms with Crippen molar-refractivity contribution in [1.82, 2.24) is 0 Å². The Morgan fingerprint density at radius 2 is 1.65 bits per heavy atom. The number of esters is 1. The second-order valence-corrected chi connectivity index (χ2v) is 8.13. The summed E-state index contributed by atoms with van der Waals surface area (Å²) in [6.07, 6.45) is 10.6. The first-order chi connectivity index (χ1) is 9.36. The molecule has 0 unspecified atom stereocenters. The molecule has 0 amide bonds. The quantitative estimate of drug-likeness (QED) is 0.556. The van der Waals surface area contributed by atoms with Gasteiger partial charge in [0.15, 0.2) is 0 Å². The van der Waals surface area contributed by atoms with Crippen molar-refractivity contribution < 1.29 is 13.9 Å². The zero-order valence-corrected chi connectivity index (χ0v) is 12.8. The number of rotatable bonds is 5. The summed E-state index contributed by atoms with van der Waals surface area (Å²) in [6, 6.07) is 0. The van der Waals surface area contributed by atoms with Gasteiger partial charge in [0.2, 0.25) is 5.67 Å². The van der Waals surface area contributed by atoms with E-state index < -0.39 is 11.6 Å². The van der Waals surface area contributed by atoms with Crippen molar-refractivity contribution >= 4 is 5.97 Å². The lowest BCUT2D eigenvalue weighted by Crippen LogP contribution is -2.46. The summed E-state index contributed by atoms with van der Waals surface area (Å²) in [5, 5.41) is 0. The topological polar surface area (TPSA) is 26.3 Å². The van der Waals surface area contributed by atoms with E-state index in [0.717, 1.165) is 30.6 Å². The van der Waals surface area contributed by atoms with Crippen LogP contribution in [-0.2, 0) is 9.53 Å². The Bertz CT molecular complexity index is 348. The van der Waals surface area contributed by atoms with Gasteiger partial charge in [-0.2, -0.15) is 0 Å². The average molecular weight is 282 g/mol. The molecule has 114 valence electrons. The molecule has 3 heteroatoms.